The van der Waals surface area contributed by atoms with Crippen molar-refractivity contribution in [3.63, 3.8) is 0 Å². The zero-order valence-corrected chi connectivity index (χ0v) is 10.6. The molecule has 0 atom stereocenters. The van der Waals surface area contributed by atoms with E-state index in [2.05, 4.69) is 0 Å². The third-order valence-corrected chi connectivity index (χ3v) is 3.11. The summed E-state index contributed by atoms with van der Waals surface area (Å²) >= 11 is 0. The second kappa shape index (κ2) is 4.45. The molecule has 1 aromatic heterocycles. The minimum absolute atomic E-state index is 0.0147. The molecule has 0 amide bonds. The lowest BCUT2D eigenvalue weighted by atomic mass is 10.0. The Balaban J connectivity index is 2.41. The van der Waals surface area contributed by atoms with Crippen LogP contribution in [0.25, 0.3) is 22.1 Å². The van der Waals surface area contributed by atoms with Crippen molar-refractivity contribution in [2.75, 3.05) is 0 Å². The van der Waals surface area contributed by atoms with Gasteiger partial charge in [0.2, 0.25) is 0 Å². The molecule has 6 heteroatoms. The highest BCUT2D eigenvalue weighted by Gasteiger charge is 2.19. The molecule has 0 saturated carbocycles. The minimum Gasteiger partial charge on any atom is -0.508 e. The molecule has 3 rings (SSSR count). The summed E-state index contributed by atoms with van der Waals surface area (Å²) in [5.41, 5.74) is -1.19. The topological polar surface area (TPSA) is 111 Å². The highest BCUT2D eigenvalue weighted by atomic mass is 16.4. The second-order valence-electron chi connectivity index (χ2n) is 4.50. The Bertz CT molecular complexity index is 910. The zero-order chi connectivity index (χ0) is 15.1. The van der Waals surface area contributed by atoms with Gasteiger partial charge in [-0.25, -0.2) is 4.79 Å². The molecule has 21 heavy (non-hydrogen) atoms. The molecule has 2 aromatic carbocycles. The lowest BCUT2D eigenvalue weighted by molar-refractivity contribution is 0.455. The number of phenolic OH excluding ortho intramolecular Hbond substituents is 3. The summed E-state index contributed by atoms with van der Waals surface area (Å²) in [5.74, 6) is -0.971. The predicted octanol–water partition coefficient (Wildman–Crippen LogP) is 2.28. The molecule has 0 unspecified atom stereocenters. The summed E-state index contributed by atoms with van der Waals surface area (Å²) in [6.45, 7) is 0. The van der Waals surface area contributed by atoms with Gasteiger partial charge < -0.3 is 24.8 Å². The van der Waals surface area contributed by atoms with Gasteiger partial charge in [0.1, 0.15) is 34.1 Å². The number of hydrogen-bond donors (Lipinski definition) is 4. The molecule has 1 heterocycles. The van der Waals surface area contributed by atoms with E-state index in [0.29, 0.717) is 0 Å². The van der Waals surface area contributed by atoms with Crippen molar-refractivity contribution < 1.29 is 24.8 Å². The van der Waals surface area contributed by atoms with Gasteiger partial charge in [-0.1, -0.05) is 0 Å². The molecule has 0 aliphatic carbocycles. The Hall–Kier alpha value is -3.15. The van der Waals surface area contributed by atoms with Gasteiger partial charge >= 0.3 is 5.63 Å². The van der Waals surface area contributed by atoms with E-state index in [9.17, 15) is 25.2 Å². The average Bonchev–Trinajstić information content (AvgIpc) is 2.42. The maximum Gasteiger partial charge on any atom is 0.348 e. The summed E-state index contributed by atoms with van der Waals surface area (Å²) in [7, 11) is 0. The van der Waals surface area contributed by atoms with Crippen LogP contribution < -0.4 is 5.63 Å². The van der Waals surface area contributed by atoms with Crippen LogP contribution in [0.2, 0.25) is 0 Å². The Kier molecular flexibility index (Phi) is 2.72. The van der Waals surface area contributed by atoms with Gasteiger partial charge in [-0.2, -0.15) is 0 Å². The number of fused-ring (bicyclic) bond motifs is 1. The first kappa shape index (κ1) is 12.9. The summed E-state index contributed by atoms with van der Waals surface area (Å²) in [6, 6.07) is 7.50. The van der Waals surface area contributed by atoms with E-state index in [1.165, 1.54) is 30.3 Å². The van der Waals surface area contributed by atoms with Gasteiger partial charge in [0.05, 0.1) is 5.39 Å². The second-order valence-corrected chi connectivity index (χ2v) is 4.50. The van der Waals surface area contributed by atoms with Crippen LogP contribution in [-0.4, -0.2) is 20.4 Å². The van der Waals surface area contributed by atoms with Crippen molar-refractivity contribution >= 4 is 11.0 Å². The molecule has 0 radical (unpaired) electrons. The molecular weight excluding hydrogens is 276 g/mol. The number of hydrogen-bond acceptors (Lipinski definition) is 6. The lowest BCUT2D eigenvalue weighted by Gasteiger charge is -2.08. The fourth-order valence-corrected chi connectivity index (χ4v) is 2.14. The van der Waals surface area contributed by atoms with E-state index in [1.54, 1.807) is 0 Å². The van der Waals surface area contributed by atoms with Crippen molar-refractivity contribution in [2.45, 2.75) is 0 Å². The van der Waals surface area contributed by atoms with Crippen LogP contribution in [0.15, 0.2) is 45.6 Å². The lowest BCUT2D eigenvalue weighted by Crippen LogP contribution is -2.03. The molecular formula is C15H10O6. The number of benzene rings is 2. The first-order valence-electron chi connectivity index (χ1n) is 5.98. The smallest absolute Gasteiger partial charge is 0.348 e. The van der Waals surface area contributed by atoms with E-state index in [4.69, 9.17) is 4.42 Å². The Morgan fingerprint density at radius 2 is 1.52 bits per heavy atom. The molecule has 3 aromatic rings. The minimum atomic E-state index is -0.897. The molecule has 0 bridgehead atoms. The molecule has 4 N–H and O–H groups in total. The van der Waals surface area contributed by atoms with Crippen LogP contribution in [0.3, 0.4) is 0 Å². The van der Waals surface area contributed by atoms with Gasteiger partial charge in [-0.3, -0.25) is 0 Å². The fourth-order valence-electron chi connectivity index (χ4n) is 2.14. The summed E-state index contributed by atoms with van der Waals surface area (Å²) in [6.07, 6.45) is 0. The highest BCUT2D eigenvalue weighted by Crippen LogP contribution is 2.39. The van der Waals surface area contributed by atoms with Crippen LogP contribution in [0.4, 0.5) is 0 Å². The molecule has 106 valence electrons. The van der Waals surface area contributed by atoms with Gasteiger partial charge in [0.15, 0.2) is 0 Å². The van der Waals surface area contributed by atoms with Crippen molar-refractivity contribution in [3.8, 4) is 34.1 Å². The Labute approximate surface area is 117 Å². The summed E-state index contributed by atoms with van der Waals surface area (Å²) in [5, 5.41) is 39.1. The van der Waals surface area contributed by atoms with Crippen molar-refractivity contribution in [1.29, 1.82) is 0 Å². The predicted molar refractivity (Wildman–Crippen MR) is 74.6 cm³/mol. The van der Waals surface area contributed by atoms with E-state index in [0.717, 1.165) is 6.07 Å². The highest BCUT2D eigenvalue weighted by molar-refractivity contribution is 5.92. The Morgan fingerprint density at radius 1 is 0.857 bits per heavy atom. The van der Waals surface area contributed by atoms with Crippen LogP contribution in [0, 0.1) is 0 Å². The van der Waals surface area contributed by atoms with E-state index in [1.807, 2.05) is 0 Å². The van der Waals surface area contributed by atoms with Crippen LogP contribution in [0.1, 0.15) is 0 Å². The van der Waals surface area contributed by atoms with E-state index >= 15 is 0 Å². The molecule has 0 spiro atoms. The summed E-state index contributed by atoms with van der Waals surface area (Å²) in [4.78, 5) is 12.0. The van der Waals surface area contributed by atoms with Crippen LogP contribution in [0.5, 0.6) is 23.0 Å². The average molecular weight is 286 g/mol. The van der Waals surface area contributed by atoms with Crippen molar-refractivity contribution in [3.05, 3.63) is 46.8 Å². The van der Waals surface area contributed by atoms with E-state index in [-0.39, 0.29) is 39.3 Å². The SMILES string of the molecule is O=c1oc2cc(O)ccc2c(O)c1-c1cc(O)ccc1O. The van der Waals surface area contributed by atoms with E-state index < -0.39 is 11.4 Å². The third kappa shape index (κ3) is 2.02. The quantitative estimate of drug-likeness (QED) is 0.403. The largest absolute Gasteiger partial charge is 0.508 e. The number of aromatic hydroxyl groups is 4. The van der Waals surface area contributed by atoms with Gasteiger partial charge in [0.25, 0.3) is 0 Å². The number of rotatable bonds is 1. The van der Waals surface area contributed by atoms with Crippen molar-refractivity contribution in [1.82, 2.24) is 0 Å². The summed E-state index contributed by atoms with van der Waals surface area (Å²) < 4.78 is 5.04. The number of phenols is 3. The molecule has 0 aliphatic heterocycles. The first-order chi connectivity index (χ1) is 9.97. The molecule has 0 fully saturated rings. The third-order valence-electron chi connectivity index (χ3n) is 3.11. The maximum atomic E-state index is 12.0. The first-order valence-corrected chi connectivity index (χ1v) is 5.98. The fraction of sp³-hybridized carbons (Fsp3) is 0. The van der Waals surface area contributed by atoms with Crippen LogP contribution in [-0.2, 0) is 0 Å². The molecule has 6 nitrogen and oxygen atoms in total. The molecule has 0 saturated heterocycles. The van der Waals surface area contributed by atoms with Crippen molar-refractivity contribution in [2.24, 2.45) is 0 Å². The van der Waals surface area contributed by atoms with Crippen LogP contribution >= 0.6 is 0 Å². The van der Waals surface area contributed by atoms with Gasteiger partial charge in [0, 0.05) is 11.6 Å². The maximum absolute atomic E-state index is 12.0. The Morgan fingerprint density at radius 3 is 2.29 bits per heavy atom. The normalized spacial score (nSPS) is 10.9. The zero-order valence-electron chi connectivity index (χ0n) is 10.6. The standard InChI is InChI=1S/C15H10O6/c16-7-2-4-11(18)10(5-7)13-14(19)9-3-1-8(17)6-12(9)21-15(13)20/h1-6,16-19H. The van der Waals surface area contributed by atoms with Gasteiger partial charge in [-0.05, 0) is 30.3 Å². The van der Waals surface area contributed by atoms with Gasteiger partial charge in [-0.15, -0.1) is 0 Å². The monoisotopic (exact) mass is 286 g/mol. The molecule has 0 aliphatic rings.